The first-order valence-electron chi connectivity index (χ1n) is 55.5. The Hall–Kier alpha value is -6.25. The lowest BCUT2D eigenvalue weighted by Gasteiger charge is -2.33. The van der Waals surface area contributed by atoms with Crippen LogP contribution in [0.4, 0.5) is 17.5 Å². The van der Waals surface area contributed by atoms with E-state index in [0.717, 1.165) is 55.4 Å². The van der Waals surface area contributed by atoms with E-state index in [4.69, 9.17) is 82.8 Å². The predicted molar refractivity (Wildman–Crippen MR) is 587 cm³/mol. The van der Waals surface area contributed by atoms with Crippen LogP contribution in [0, 0.1) is 0 Å². The molecule has 9 atom stereocenters. The molecule has 832 valence electrons. The Morgan fingerprint density at radius 3 is 0.993 bits per heavy atom. The number of ether oxygens (including phenoxy) is 9. The third kappa shape index (κ3) is 65.2. The standard InChI is InChI=1S/C38H66N3O7P.C37H62N3O7P.C29H52O3.C8H12N3O5P/c1-4-5-6-7-8-9-10-11-12-13-14-15-16-17-18-22-27-45-31-38(2,47-30-34-23-20-19-21-24-34)32-48-49(3,44)33-46-35(29-42)28-41-26-25-36(39)40-37(41)43;1-3-4-5-6-7-8-9-10-11-12-13-14-15-16-17-21-26-43-30-37(2,45-28-33-22-19-18-20-23-33)31-47-48(42)32-44-34(29-46-48)27-40-25-24-35(38)39-36(40)41;1-3-4-5-6-7-8-9-10-11-12-13-14-15-16-17-21-24-31-27-29(2,26-30)32-25-28-22-19-18-20-23-28;9-7-1-2-11(8(12)10-7)3-6-4-16-17(13,14)5-15-6/h19-21,23-26,35,42H,4-18,22,27-33H2,1-3H3,(H2,39,40,43);18-20,22-25,34H,3-17,21,26-32H2,1-2H3,(H2,38,39,41);18-20,22-23,30H,3-17,21,24-27H2,1-2H3;1-2,6H,3-5H2,(H,13,14)(H2,9,10,12)/t35-,38+,49?;34-,37+,48?;29-;6-/m0000/s1. The summed E-state index contributed by atoms with van der Waals surface area (Å²) >= 11 is 0. The summed E-state index contributed by atoms with van der Waals surface area (Å²) in [5.74, 6) is 0.411. The van der Waals surface area contributed by atoms with Gasteiger partial charge in [-0.2, -0.15) is 15.0 Å². The van der Waals surface area contributed by atoms with Gasteiger partial charge in [0.25, 0.3) is 0 Å². The summed E-state index contributed by atoms with van der Waals surface area (Å²) in [7, 11) is -10.4. The summed E-state index contributed by atoms with van der Waals surface area (Å²) in [6, 6.07) is 34.4. The van der Waals surface area contributed by atoms with Crippen molar-refractivity contribution in [1.82, 2.24) is 28.7 Å². The van der Waals surface area contributed by atoms with Gasteiger partial charge in [0.1, 0.15) is 65.5 Å². The highest BCUT2D eigenvalue weighted by Crippen LogP contribution is 2.52. The Morgan fingerprint density at radius 1 is 0.404 bits per heavy atom. The maximum atomic E-state index is 13.3. The molecule has 2 aliphatic rings. The van der Waals surface area contributed by atoms with Gasteiger partial charge in [-0.1, -0.05) is 401 Å². The van der Waals surface area contributed by atoms with Crippen LogP contribution in [0.1, 0.15) is 366 Å². The zero-order chi connectivity index (χ0) is 106. The molecule has 3 aromatic heterocycles. The predicted octanol–water partition coefficient (Wildman–Crippen LogP) is 24.6. The van der Waals surface area contributed by atoms with E-state index in [1.54, 1.807) is 6.20 Å². The Balaban J connectivity index is 0.000000361. The topological polar surface area (TPSA) is 415 Å². The maximum Gasteiger partial charge on any atom is 0.356 e. The fourth-order valence-corrected chi connectivity index (χ4v) is 20.1. The summed E-state index contributed by atoms with van der Waals surface area (Å²) in [4.78, 5) is 55.6. The number of hydrogen-bond donors (Lipinski definition) is 6. The van der Waals surface area contributed by atoms with Crippen molar-refractivity contribution in [2.24, 2.45) is 0 Å². The minimum Gasteiger partial charge on any atom is -0.394 e. The Morgan fingerprint density at radius 2 is 0.699 bits per heavy atom. The molecule has 3 unspecified atom stereocenters. The molecule has 0 bridgehead atoms. The smallest absolute Gasteiger partial charge is 0.356 e. The van der Waals surface area contributed by atoms with Gasteiger partial charge in [0.05, 0.1) is 105 Å². The van der Waals surface area contributed by atoms with Crippen LogP contribution >= 0.6 is 22.6 Å². The second-order valence-electron chi connectivity index (χ2n) is 40.6. The van der Waals surface area contributed by atoms with Crippen molar-refractivity contribution in [2.75, 3.05) is 122 Å². The molecule has 146 heavy (non-hydrogen) atoms. The van der Waals surface area contributed by atoms with Crippen LogP contribution in [0.15, 0.2) is 142 Å². The molecular weight excluding hydrogens is 1920 g/mol. The van der Waals surface area contributed by atoms with E-state index in [1.807, 2.05) is 112 Å². The molecule has 31 nitrogen and oxygen atoms in total. The summed E-state index contributed by atoms with van der Waals surface area (Å²) < 4.78 is 117. The number of rotatable bonds is 83. The summed E-state index contributed by atoms with van der Waals surface area (Å²) in [5.41, 5.74) is 15.8. The van der Waals surface area contributed by atoms with Crippen molar-refractivity contribution >= 4 is 40.0 Å². The van der Waals surface area contributed by atoms with Crippen LogP contribution in [0.3, 0.4) is 0 Å². The summed E-state index contributed by atoms with van der Waals surface area (Å²) in [6.07, 6.45) is 66.6. The number of nitrogens with zero attached hydrogens (tertiary/aromatic N) is 6. The van der Waals surface area contributed by atoms with E-state index in [9.17, 15) is 38.3 Å². The highest BCUT2D eigenvalue weighted by molar-refractivity contribution is 7.58. The van der Waals surface area contributed by atoms with Gasteiger partial charge in [-0.3, -0.25) is 27.4 Å². The van der Waals surface area contributed by atoms with Crippen LogP contribution in [0.5, 0.6) is 0 Å². The Kier molecular flexibility index (Phi) is 71.9. The number of aromatic nitrogens is 6. The van der Waals surface area contributed by atoms with Crippen LogP contribution in [0.25, 0.3) is 0 Å². The molecule has 0 radical (unpaired) electrons. The number of nitrogens with two attached hydrogens (primary N) is 3. The third-order valence-corrected chi connectivity index (χ3v) is 29.8. The average Bonchev–Trinajstić information content (AvgIpc) is 0.826. The van der Waals surface area contributed by atoms with E-state index in [2.05, 4.69) is 35.7 Å². The van der Waals surface area contributed by atoms with Gasteiger partial charge in [-0.05, 0) is 74.9 Å². The molecule has 3 aromatic carbocycles. The molecule has 2 aliphatic heterocycles. The van der Waals surface area contributed by atoms with Gasteiger partial charge in [0, 0.05) is 45.1 Å². The molecule has 0 amide bonds. The van der Waals surface area contributed by atoms with Crippen molar-refractivity contribution < 1.29 is 89.5 Å². The number of nitrogen functional groups attached to an aromatic ring is 3. The third-order valence-electron chi connectivity index (χ3n) is 26.0. The fraction of sp³-hybridized carbons (Fsp3) is 0.732. The quantitative estimate of drug-likeness (QED) is 0.0153. The van der Waals surface area contributed by atoms with Crippen LogP contribution in [0.2, 0.25) is 0 Å². The SMILES string of the molecule is CCCCCCCCCCCCCCCCCCOC[C@](C)(CO)OCc1ccccc1.CCCCCCCCCCCCCCCCCCOC[C@](C)(COP(C)(=O)CO[C@H](CO)Cn1ccc(N)nc1=O)OCc1ccccc1.CCCCCCCCCCCCCCCCCCOC[C@](C)(COP1(=O)CO[C@@H](Cn2ccc(N)nc2=O)CO1)OCc1ccccc1.Nc1ccn(C[C@H]2COP(=O)(O)CO2)c(=O)n1. The van der Waals surface area contributed by atoms with Crippen molar-refractivity contribution in [2.45, 2.75) is 424 Å². The average molecular weight is 2110 g/mol. The monoisotopic (exact) mass is 2110 g/mol. The normalized spacial score (nSPS) is 17.6. The highest BCUT2D eigenvalue weighted by atomic mass is 31.2. The number of anilines is 3. The van der Waals surface area contributed by atoms with Gasteiger partial charge in [0.15, 0.2) is 0 Å². The molecule has 0 spiro atoms. The Labute approximate surface area is 875 Å². The van der Waals surface area contributed by atoms with E-state index < -0.39 is 74.7 Å². The molecule has 5 heterocycles. The lowest BCUT2D eigenvalue weighted by atomic mass is 10.0. The van der Waals surface area contributed by atoms with Crippen LogP contribution < -0.4 is 34.3 Å². The summed E-state index contributed by atoms with van der Waals surface area (Å²) in [6.45, 7) is 18.4. The van der Waals surface area contributed by atoms with Gasteiger partial charge < -0.3 is 93.0 Å². The van der Waals surface area contributed by atoms with Gasteiger partial charge >= 0.3 is 32.3 Å². The molecule has 9 N–H and O–H groups in total. The first kappa shape index (κ1) is 130. The van der Waals surface area contributed by atoms with Crippen molar-refractivity contribution in [1.29, 1.82) is 0 Å². The molecule has 34 heteroatoms. The fourth-order valence-electron chi connectivity index (χ4n) is 16.6. The first-order valence-corrected chi connectivity index (χ1v) is 61.3. The zero-order valence-corrected chi connectivity index (χ0v) is 93.2. The molecule has 0 saturated carbocycles. The zero-order valence-electron chi connectivity index (χ0n) is 90.5. The lowest BCUT2D eigenvalue weighted by molar-refractivity contribution is -0.120. The first-order chi connectivity index (χ1) is 70.6. The van der Waals surface area contributed by atoms with Crippen molar-refractivity contribution in [3.8, 4) is 0 Å². The molecule has 2 saturated heterocycles. The largest absolute Gasteiger partial charge is 0.394 e. The van der Waals surface area contributed by atoms with Crippen molar-refractivity contribution in [3.63, 3.8) is 0 Å². The minimum absolute atomic E-state index is 0.0193. The van der Waals surface area contributed by atoms with E-state index in [1.165, 1.54) is 327 Å². The van der Waals surface area contributed by atoms with E-state index in [-0.39, 0.29) is 95.8 Å². The number of hydrogen-bond acceptors (Lipinski definition) is 27. The maximum absolute atomic E-state index is 13.3. The molecule has 6 aromatic rings. The number of unbranched alkanes of at least 4 members (excludes halogenated alkanes) is 45. The van der Waals surface area contributed by atoms with Crippen LogP contribution in [-0.2, 0) is 114 Å². The van der Waals surface area contributed by atoms with E-state index >= 15 is 0 Å². The van der Waals surface area contributed by atoms with Gasteiger partial charge in [0.2, 0.25) is 7.37 Å². The Bertz CT molecular complexity index is 4530. The number of aliphatic hydroxyl groups excluding tert-OH is 2. The second kappa shape index (κ2) is 80.6. The molecular formula is C112H192N9O22P3. The lowest BCUT2D eigenvalue weighted by Crippen LogP contribution is -2.40. The van der Waals surface area contributed by atoms with Crippen molar-refractivity contribution in [3.05, 3.63) is 176 Å². The number of benzene rings is 3. The number of aliphatic hydroxyl groups is 2. The van der Waals surface area contributed by atoms with Gasteiger partial charge in [-0.25, -0.2) is 14.4 Å². The summed E-state index contributed by atoms with van der Waals surface area (Å²) in [5, 5.41) is 19.5. The minimum atomic E-state index is -3.59. The second-order valence-corrected chi connectivity index (χ2v) is 46.9. The molecule has 8 rings (SSSR count). The van der Waals surface area contributed by atoms with Gasteiger partial charge in [-0.15, -0.1) is 0 Å². The molecule has 0 aliphatic carbocycles. The van der Waals surface area contributed by atoms with E-state index in [0.29, 0.717) is 52.9 Å². The van der Waals surface area contributed by atoms with Crippen LogP contribution in [-0.4, -0.2) is 184 Å². The molecule has 2 fully saturated rings. The highest BCUT2D eigenvalue weighted by Gasteiger charge is 2.39.